The van der Waals surface area contributed by atoms with Gasteiger partial charge in [0.25, 0.3) is 5.91 Å². The molecule has 2 aliphatic rings. The SMILES string of the molecule is O=C(COc1ccc2c(c1)CCC2)NC1(CO)CC1. The largest absolute Gasteiger partial charge is 0.484 e. The number of hydrogen-bond donors (Lipinski definition) is 2. The monoisotopic (exact) mass is 261 g/mol. The third-order valence-corrected chi connectivity index (χ3v) is 4.00. The zero-order valence-corrected chi connectivity index (χ0v) is 10.9. The van der Waals surface area contributed by atoms with Crippen molar-refractivity contribution in [3.05, 3.63) is 29.3 Å². The number of carbonyl (C=O) groups is 1. The Labute approximate surface area is 112 Å². The Bertz CT molecular complexity index is 494. The topological polar surface area (TPSA) is 58.6 Å². The molecule has 0 aromatic heterocycles. The van der Waals surface area contributed by atoms with Gasteiger partial charge in [0, 0.05) is 0 Å². The van der Waals surface area contributed by atoms with Crippen LogP contribution in [0.2, 0.25) is 0 Å². The van der Waals surface area contributed by atoms with Crippen LogP contribution in [0.25, 0.3) is 0 Å². The average molecular weight is 261 g/mol. The number of aliphatic hydroxyl groups is 1. The lowest BCUT2D eigenvalue weighted by atomic mass is 10.1. The van der Waals surface area contributed by atoms with E-state index in [1.807, 2.05) is 12.1 Å². The normalized spacial score (nSPS) is 18.8. The third-order valence-electron chi connectivity index (χ3n) is 4.00. The Balaban J connectivity index is 1.53. The van der Waals surface area contributed by atoms with Crippen LogP contribution >= 0.6 is 0 Å². The van der Waals surface area contributed by atoms with Crippen molar-refractivity contribution in [3.63, 3.8) is 0 Å². The van der Waals surface area contributed by atoms with E-state index in [1.54, 1.807) is 0 Å². The van der Waals surface area contributed by atoms with Crippen LogP contribution in [-0.4, -0.2) is 29.8 Å². The van der Waals surface area contributed by atoms with E-state index in [0.29, 0.717) is 0 Å². The molecule has 0 aliphatic heterocycles. The number of hydrogen-bond acceptors (Lipinski definition) is 3. The van der Waals surface area contributed by atoms with Crippen LogP contribution in [0.3, 0.4) is 0 Å². The fourth-order valence-corrected chi connectivity index (χ4v) is 2.59. The van der Waals surface area contributed by atoms with Gasteiger partial charge in [-0.1, -0.05) is 6.07 Å². The third kappa shape index (κ3) is 2.73. The number of aryl methyl sites for hydroxylation is 2. The first-order valence-corrected chi connectivity index (χ1v) is 6.87. The fourth-order valence-electron chi connectivity index (χ4n) is 2.59. The fraction of sp³-hybridized carbons (Fsp3) is 0.533. The smallest absolute Gasteiger partial charge is 0.258 e. The lowest BCUT2D eigenvalue weighted by Crippen LogP contribution is -2.42. The summed E-state index contributed by atoms with van der Waals surface area (Å²) in [5, 5.41) is 12.0. The van der Waals surface area contributed by atoms with Crippen molar-refractivity contribution < 1.29 is 14.6 Å². The number of amides is 1. The molecule has 0 heterocycles. The van der Waals surface area contributed by atoms with Crippen LogP contribution in [0, 0.1) is 0 Å². The summed E-state index contributed by atoms with van der Waals surface area (Å²) in [6, 6.07) is 6.05. The molecule has 3 rings (SSSR count). The van der Waals surface area contributed by atoms with Gasteiger partial charge in [0.2, 0.25) is 0 Å². The second-order valence-electron chi connectivity index (χ2n) is 5.56. The molecule has 4 heteroatoms. The highest BCUT2D eigenvalue weighted by molar-refractivity contribution is 5.78. The van der Waals surface area contributed by atoms with Crippen molar-refractivity contribution in [1.29, 1.82) is 0 Å². The number of benzene rings is 1. The molecule has 0 spiro atoms. The van der Waals surface area contributed by atoms with E-state index in [-0.39, 0.29) is 24.7 Å². The summed E-state index contributed by atoms with van der Waals surface area (Å²) < 4.78 is 5.52. The highest BCUT2D eigenvalue weighted by atomic mass is 16.5. The van der Waals surface area contributed by atoms with Crippen LogP contribution in [0.4, 0.5) is 0 Å². The average Bonchev–Trinajstić information content (AvgIpc) is 3.03. The van der Waals surface area contributed by atoms with Crippen LogP contribution < -0.4 is 10.1 Å². The Morgan fingerprint density at radius 2 is 2.11 bits per heavy atom. The molecule has 2 aliphatic carbocycles. The summed E-state index contributed by atoms with van der Waals surface area (Å²) in [5.74, 6) is 0.594. The van der Waals surface area contributed by atoms with Crippen LogP contribution in [0.1, 0.15) is 30.4 Å². The maximum Gasteiger partial charge on any atom is 0.258 e. The summed E-state index contributed by atoms with van der Waals surface area (Å²) in [6.45, 7) is 0.0259. The van der Waals surface area contributed by atoms with Crippen LogP contribution in [0.5, 0.6) is 5.75 Å². The van der Waals surface area contributed by atoms with Gasteiger partial charge in [-0.15, -0.1) is 0 Å². The minimum atomic E-state index is -0.363. The Morgan fingerprint density at radius 1 is 1.32 bits per heavy atom. The first-order chi connectivity index (χ1) is 9.21. The predicted octanol–water partition coefficient (Wildman–Crippen LogP) is 1.20. The second kappa shape index (κ2) is 4.85. The van der Waals surface area contributed by atoms with E-state index in [0.717, 1.165) is 31.4 Å². The maximum atomic E-state index is 11.7. The zero-order valence-electron chi connectivity index (χ0n) is 10.9. The van der Waals surface area contributed by atoms with Gasteiger partial charge in [-0.3, -0.25) is 4.79 Å². The van der Waals surface area contributed by atoms with Gasteiger partial charge < -0.3 is 15.2 Å². The number of nitrogens with one attached hydrogen (secondary N) is 1. The van der Waals surface area contributed by atoms with E-state index >= 15 is 0 Å². The first-order valence-electron chi connectivity index (χ1n) is 6.87. The molecule has 1 amide bonds. The van der Waals surface area contributed by atoms with E-state index < -0.39 is 0 Å². The highest BCUT2D eigenvalue weighted by Gasteiger charge is 2.43. The molecular weight excluding hydrogens is 242 g/mol. The maximum absolute atomic E-state index is 11.7. The lowest BCUT2D eigenvalue weighted by molar-refractivity contribution is -0.124. The lowest BCUT2D eigenvalue weighted by Gasteiger charge is -2.14. The number of carbonyl (C=O) groups excluding carboxylic acids is 1. The number of aliphatic hydroxyl groups excluding tert-OH is 1. The van der Waals surface area contributed by atoms with Crippen molar-refractivity contribution in [2.24, 2.45) is 0 Å². The number of rotatable bonds is 5. The molecule has 4 nitrogen and oxygen atoms in total. The van der Waals surface area contributed by atoms with Crippen molar-refractivity contribution in [2.45, 2.75) is 37.6 Å². The van der Waals surface area contributed by atoms with E-state index in [1.165, 1.54) is 17.5 Å². The molecule has 19 heavy (non-hydrogen) atoms. The van der Waals surface area contributed by atoms with Gasteiger partial charge in [-0.25, -0.2) is 0 Å². The summed E-state index contributed by atoms with van der Waals surface area (Å²) in [7, 11) is 0. The Morgan fingerprint density at radius 3 is 2.84 bits per heavy atom. The molecule has 102 valence electrons. The Hall–Kier alpha value is -1.55. The molecular formula is C15H19NO3. The van der Waals surface area contributed by atoms with Crippen LogP contribution in [0.15, 0.2) is 18.2 Å². The molecule has 1 saturated carbocycles. The van der Waals surface area contributed by atoms with Gasteiger partial charge >= 0.3 is 0 Å². The first kappa shape index (κ1) is 12.5. The van der Waals surface area contributed by atoms with Crippen molar-refractivity contribution in [3.8, 4) is 5.75 Å². The molecule has 0 radical (unpaired) electrons. The molecule has 0 saturated heterocycles. The zero-order chi connectivity index (χ0) is 13.3. The highest BCUT2D eigenvalue weighted by Crippen LogP contribution is 2.34. The second-order valence-corrected chi connectivity index (χ2v) is 5.56. The number of ether oxygens (including phenoxy) is 1. The van der Waals surface area contributed by atoms with Gasteiger partial charge in [-0.05, 0) is 55.4 Å². The van der Waals surface area contributed by atoms with E-state index in [9.17, 15) is 4.79 Å². The Kier molecular flexibility index (Phi) is 3.19. The number of fused-ring (bicyclic) bond motifs is 1. The molecule has 0 bridgehead atoms. The summed E-state index contributed by atoms with van der Waals surface area (Å²) >= 11 is 0. The molecule has 1 aromatic rings. The van der Waals surface area contributed by atoms with Gasteiger partial charge in [0.05, 0.1) is 12.1 Å². The summed E-state index contributed by atoms with van der Waals surface area (Å²) in [5.41, 5.74) is 2.37. The van der Waals surface area contributed by atoms with Gasteiger partial charge in [0.1, 0.15) is 5.75 Å². The molecule has 0 unspecified atom stereocenters. The molecule has 1 fully saturated rings. The van der Waals surface area contributed by atoms with Gasteiger partial charge in [-0.2, -0.15) is 0 Å². The van der Waals surface area contributed by atoms with Crippen LogP contribution in [-0.2, 0) is 17.6 Å². The van der Waals surface area contributed by atoms with Crippen molar-refractivity contribution >= 4 is 5.91 Å². The minimum Gasteiger partial charge on any atom is -0.484 e. The quantitative estimate of drug-likeness (QED) is 0.837. The summed E-state index contributed by atoms with van der Waals surface area (Å²) in [4.78, 5) is 11.7. The van der Waals surface area contributed by atoms with E-state index in [2.05, 4.69) is 11.4 Å². The standard InChI is InChI=1S/C15H19NO3/c17-10-15(6-7-15)16-14(18)9-19-13-5-4-11-2-1-3-12(11)8-13/h4-5,8,17H,1-3,6-7,9-10H2,(H,16,18). The molecule has 0 atom stereocenters. The van der Waals surface area contributed by atoms with Crippen molar-refractivity contribution in [1.82, 2.24) is 5.32 Å². The predicted molar refractivity (Wildman–Crippen MR) is 71.2 cm³/mol. The molecule has 2 N–H and O–H groups in total. The van der Waals surface area contributed by atoms with E-state index in [4.69, 9.17) is 9.84 Å². The summed E-state index contributed by atoms with van der Waals surface area (Å²) in [6.07, 6.45) is 5.17. The molecule has 1 aromatic carbocycles. The van der Waals surface area contributed by atoms with Gasteiger partial charge in [0.15, 0.2) is 6.61 Å². The minimum absolute atomic E-state index is 0.0115. The van der Waals surface area contributed by atoms with Crippen molar-refractivity contribution in [2.75, 3.05) is 13.2 Å².